The first kappa shape index (κ1) is 5.90. The standard InChI is InChI=1S/C8H6BrF3O/c9-6-1-3-7(4-2-6)13-5-8(10,11)12/h1-4H,5H2/i1D,2D,3D,4D. The van der Waals surface area contributed by atoms with Crippen molar-refractivity contribution in [3.05, 3.63) is 28.6 Å². The van der Waals surface area contributed by atoms with E-state index >= 15 is 0 Å². The van der Waals surface area contributed by atoms with Crippen LogP contribution in [0.1, 0.15) is 5.48 Å². The zero-order valence-corrected chi connectivity index (χ0v) is 7.71. The average Bonchev–Trinajstić information content (AvgIpc) is 2.22. The lowest BCUT2D eigenvalue weighted by Crippen LogP contribution is -2.19. The normalized spacial score (nSPS) is 15.7. The molecule has 0 atom stereocenters. The van der Waals surface area contributed by atoms with Gasteiger partial charge in [-0.3, -0.25) is 0 Å². The summed E-state index contributed by atoms with van der Waals surface area (Å²) in [4.78, 5) is 0. The summed E-state index contributed by atoms with van der Waals surface area (Å²) in [5, 5.41) is 0. The molecule has 0 aromatic heterocycles. The summed E-state index contributed by atoms with van der Waals surface area (Å²) in [5.74, 6) is -0.708. The van der Waals surface area contributed by atoms with Gasteiger partial charge < -0.3 is 4.74 Å². The number of benzene rings is 1. The molecule has 0 aliphatic heterocycles. The van der Waals surface area contributed by atoms with Crippen LogP contribution < -0.4 is 4.74 Å². The van der Waals surface area contributed by atoms with Gasteiger partial charge in [0.05, 0.1) is 5.48 Å². The predicted molar refractivity (Wildman–Crippen MR) is 45.7 cm³/mol. The highest BCUT2D eigenvalue weighted by atomic mass is 79.9. The van der Waals surface area contributed by atoms with Crippen LogP contribution in [-0.4, -0.2) is 12.8 Å². The quantitative estimate of drug-likeness (QED) is 0.790. The van der Waals surface area contributed by atoms with Crippen molar-refractivity contribution >= 4 is 15.9 Å². The van der Waals surface area contributed by atoms with Gasteiger partial charge in [-0.15, -0.1) is 0 Å². The number of halogens is 4. The molecule has 0 fully saturated rings. The molecule has 0 N–H and O–H groups in total. The summed E-state index contributed by atoms with van der Waals surface area (Å²) in [6.45, 7) is -1.66. The number of rotatable bonds is 2. The Morgan fingerprint density at radius 1 is 1.31 bits per heavy atom. The van der Waals surface area contributed by atoms with E-state index in [0.29, 0.717) is 0 Å². The average molecular weight is 259 g/mol. The second kappa shape index (κ2) is 4.00. The van der Waals surface area contributed by atoms with Gasteiger partial charge in [0.1, 0.15) is 5.75 Å². The zero-order valence-electron chi connectivity index (χ0n) is 10.1. The summed E-state index contributed by atoms with van der Waals surface area (Å²) in [7, 11) is 0. The van der Waals surface area contributed by atoms with Crippen LogP contribution in [0.25, 0.3) is 0 Å². The minimum atomic E-state index is -4.60. The first-order chi connectivity index (χ1) is 7.65. The van der Waals surface area contributed by atoms with Crippen LogP contribution in [-0.2, 0) is 0 Å². The lowest BCUT2D eigenvalue weighted by molar-refractivity contribution is -0.153. The van der Waals surface area contributed by atoms with E-state index in [9.17, 15) is 13.2 Å². The molecule has 0 bridgehead atoms. The van der Waals surface area contributed by atoms with Gasteiger partial charge >= 0.3 is 6.18 Å². The first-order valence-corrected chi connectivity index (χ1v) is 3.90. The van der Waals surface area contributed by atoms with E-state index in [4.69, 9.17) is 5.48 Å². The third-order valence-electron chi connectivity index (χ3n) is 0.952. The second-order valence-electron chi connectivity index (χ2n) is 2.05. The van der Waals surface area contributed by atoms with Gasteiger partial charge in [0.25, 0.3) is 0 Å². The van der Waals surface area contributed by atoms with Crippen molar-refractivity contribution in [3.63, 3.8) is 0 Å². The molecule has 0 saturated carbocycles. The molecule has 5 heteroatoms. The number of alkyl halides is 3. The van der Waals surface area contributed by atoms with Crippen molar-refractivity contribution in [3.8, 4) is 5.75 Å². The Kier molecular flexibility index (Phi) is 1.82. The SMILES string of the molecule is [2H]c1c([2H])c(OCC(F)(F)F)c([2H])c([2H])c1Br. The zero-order chi connectivity index (χ0) is 13.4. The Morgan fingerprint density at radius 3 is 2.31 bits per heavy atom. The minimum Gasteiger partial charge on any atom is -0.484 e. The van der Waals surface area contributed by atoms with Gasteiger partial charge in [-0.25, -0.2) is 0 Å². The van der Waals surface area contributed by atoms with Crippen LogP contribution >= 0.6 is 15.9 Å². The van der Waals surface area contributed by atoms with Crippen molar-refractivity contribution < 1.29 is 23.4 Å². The van der Waals surface area contributed by atoms with Crippen molar-refractivity contribution in [2.24, 2.45) is 0 Å². The van der Waals surface area contributed by atoms with Gasteiger partial charge in [-0.05, 0) is 24.2 Å². The molecule has 13 heavy (non-hydrogen) atoms. The Bertz CT molecular complexity index is 420. The minimum absolute atomic E-state index is 0.119. The molecule has 1 rings (SSSR count). The van der Waals surface area contributed by atoms with E-state index in [1.54, 1.807) is 0 Å². The maximum Gasteiger partial charge on any atom is 0.422 e. The van der Waals surface area contributed by atoms with Gasteiger partial charge in [-0.2, -0.15) is 13.2 Å². The molecule has 0 amide bonds. The summed E-state index contributed by atoms with van der Waals surface area (Å²) in [6.07, 6.45) is -4.60. The third-order valence-corrected chi connectivity index (χ3v) is 1.35. The lowest BCUT2D eigenvalue weighted by Gasteiger charge is -2.08. The Labute approximate surface area is 87.3 Å². The highest BCUT2D eigenvalue weighted by Crippen LogP contribution is 2.20. The van der Waals surface area contributed by atoms with Crippen molar-refractivity contribution in [1.29, 1.82) is 0 Å². The van der Waals surface area contributed by atoms with Gasteiger partial charge in [0.2, 0.25) is 0 Å². The fourth-order valence-electron chi connectivity index (χ4n) is 0.512. The molecule has 0 spiro atoms. The molecule has 0 aliphatic carbocycles. The lowest BCUT2D eigenvalue weighted by atomic mass is 10.3. The first-order valence-electron chi connectivity index (χ1n) is 5.10. The van der Waals surface area contributed by atoms with E-state index in [-0.39, 0.29) is 4.47 Å². The molecular weight excluding hydrogens is 249 g/mol. The molecule has 1 aromatic carbocycles. The summed E-state index contributed by atoms with van der Waals surface area (Å²) < 4.78 is 69.4. The molecular formula is C8H6BrF3O. The van der Waals surface area contributed by atoms with Crippen LogP contribution in [0.3, 0.4) is 0 Å². The Balaban J connectivity index is 3.16. The Morgan fingerprint density at radius 2 is 1.85 bits per heavy atom. The highest BCUT2D eigenvalue weighted by molar-refractivity contribution is 9.10. The van der Waals surface area contributed by atoms with Crippen molar-refractivity contribution in [2.45, 2.75) is 6.18 Å². The summed E-state index contributed by atoms with van der Waals surface area (Å²) in [6, 6.07) is -2.27. The monoisotopic (exact) mass is 258 g/mol. The maximum absolute atomic E-state index is 11.9. The topological polar surface area (TPSA) is 9.23 Å². The smallest absolute Gasteiger partial charge is 0.422 e. The molecule has 72 valence electrons. The Hall–Kier alpha value is -0.710. The highest BCUT2D eigenvalue weighted by Gasteiger charge is 2.28. The van der Waals surface area contributed by atoms with Gasteiger partial charge in [0, 0.05) is 4.47 Å². The van der Waals surface area contributed by atoms with E-state index < -0.39 is 42.7 Å². The summed E-state index contributed by atoms with van der Waals surface area (Å²) in [5.41, 5.74) is 0. The largest absolute Gasteiger partial charge is 0.484 e. The fraction of sp³-hybridized carbons (Fsp3) is 0.250. The fourth-order valence-corrected chi connectivity index (χ4v) is 0.710. The summed E-state index contributed by atoms with van der Waals surface area (Å²) >= 11 is 2.81. The molecule has 1 aromatic rings. The molecule has 0 radical (unpaired) electrons. The molecule has 0 saturated heterocycles. The van der Waals surface area contributed by atoms with Crippen molar-refractivity contribution in [1.82, 2.24) is 0 Å². The maximum atomic E-state index is 11.9. The van der Waals surface area contributed by atoms with Crippen LogP contribution in [0, 0.1) is 0 Å². The van der Waals surface area contributed by atoms with Gasteiger partial charge in [0.15, 0.2) is 6.61 Å². The molecule has 0 aliphatic rings. The van der Waals surface area contributed by atoms with E-state index in [1.807, 2.05) is 0 Å². The number of hydrogen-bond donors (Lipinski definition) is 0. The predicted octanol–water partition coefficient (Wildman–Crippen LogP) is 3.39. The van der Waals surface area contributed by atoms with E-state index in [2.05, 4.69) is 20.7 Å². The molecule has 0 heterocycles. The second-order valence-corrected chi connectivity index (χ2v) is 2.84. The van der Waals surface area contributed by atoms with E-state index in [0.717, 1.165) is 0 Å². The van der Waals surface area contributed by atoms with Gasteiger partial charge in [-0.1, -0.05) is 15.9 Å². The number of ether oxygens (including phenoxy) is 1. The van der Waals surface area contributed by atoms with Crippen LogP contribution in [0.5, 0.6) is 5.75 Å². The molecule has 1 nitrogen and oxygen atoms in total. The van der Waals surface area contributed by atoms with Crippen LogP contribution in [0.15, 0.2) is 28.6 Å². The van der Waals surface area contributed by atoms with Crippen LogP contribution in [0.4, 0.5) is 13.2 Å². The van der Waals surface area contributed by atoms with Crippen LogP contribution in [0.2, 0.25) is 0 Å². The number of hydrogen-bond acceptors (Lipinski definition) is 1. The van der Waals surface area contributed by atoms with E-state index in [1.165, 1.54) is 0 Å². The third kappa shape index (κ3) is 4.17. The molecule has 0 unspecified atom stereocenters. The van der Waals surface area contributed by atoms with Crippen molar-refractivity contribution in [2.75, 3.05) is 6.61 Å².